The van der Waals surface area contributed by atoms with Gasteiger partial charge in [-0.3, -0.25) is 0 Å². The van der Waals surface area contributed by atoms with Crippen LogP contribution in [-0.4, -0.2) is 24.8 Å². The Morgan fingerprint density at radius 1 is 1.31 bits per heavy atom. The SMILES string of the molecule is CCCCC(=O)[Te]c1ccccc1. The fourth-order valence-corrected chi connectivity index (χ4v) is 3.28. The Morgan fingerprint density at radius 2 is 2.00 bits per heavy atom. The Kier molecular flexibility index (Phi) is 5.12. The molecule has 0 bridgehead atoms. The molecule has 0 heterocycles. The van der Waals surface area contributed by atoms with Crippen molar-refractivity contribution < 1.29 is 4.79 Å². The van der Waals surface area contributed by atoms with Crippen molar-refractivity contribution in [3.8, 4) is 0 Å². The molecule has 0 saturated carbocycles. The van der Waals surface area contributed by atoms with E-state index < -0.39 is 20.9 Å². The van der Waals surface area contributed by atoms with Crippen molar-refractivity contribution in [1.82, 2.24) is 0 Å². The predicted octanol–water partition coefficient (Wildman–Crippen LogP) is 1.73. The third kappa shape index (κ3) is 4.45. The molecule has 0 aliphatic heterocycles. The summed E-state index contributed by atoms with van der Waals surface area (Å²) in [6.07, 6.45) is 2.96. The van der Waals surface area contributed by atoms with Gasteiger partial charge in [0, 0.05) is 0 Å². The fourth-order valence-electron chi connectivity index (χ4n) is 0.992. The Labute approximate surface area is 89.6 Å². The van der Waals surface area contributed by atoms with Crippen molar-refractivity contribution in [3.05, 3.63) is 30.3 Å². The van der Waals surface area contributed by atoms with E-state index in [-0.39, 0.29) is 0 Å². The molecule has 70 valence electrons. The predicted molar refractivity (Wildman–Crippen MR) is 56.4 cm³/mol. The maximum atomic E-state index is 11.4. The second-order valence-corrected chi connectivity index (χ2v) is 6.12. The summed E-state index contributed by atoms with van der Waals surface area (Å²) in [5, 5.41) is 0. The molecule has 0 spiro atoms. The van der Waals surface area contributed by atoms with Crippen molar-refractivity contribution in [2.75, 3.05) is 0 Å². The number of rotatable bonds is 5. The first kappa shape index (κ1) is 10.8. The maximum absolute atomic E-state index is 11.4. The van der Waals surface area contributed by atoms with Gasteiger partial charge in [-0.05, 0) is 0 Å². The molecule has 0 aliphatic rings. The van der Waals surface area contributed by atoms with Crippen molar-refractivity contribution in [2.45, 2.75) is 26.2 Å². The molecule has 1 nitrogen and oxygen atoms in total. The van der Waals surface area contributed by atoms with Gasteiger partial charge in [0.05, 0.1) is 0 Å². The van der Waals surface area contributed by atoms with E-state index >= 15 is 0 Å². The van der Waals surface area contributed by atoms with Crippen LogP contribution in [0.25, 0.3) is 0 Å². The van der Waals surface area contributed by atoms with Crippen LogP contribution in [0.15, 0.2) is 30.3 Å². The molecule has 1 rings (SSSR count). The van der Waals surface area contributed by atoms with Crippen molar-refractivity contribution in [2.24, 2.45) is 0 Å². The Bertz CT molecular complexity index is 256. The summed E-state index contributed by atoms with van der Waals surface area (Å²) in [5.74, 6) is 0. The minimum atomic E-state index is -0.567. The van der Waals surface area contributed by atoms with Crippen LogP contribution in [0.4, 0.5) is 0 Å². The molecule has 0 N–H and O–H groups in total. The van der Waals surface area contributed by atoms with Crippen LogP contribution in [0.3, 0.4) is 0 Å². The molecule has 0 saturated heterocycles. The van der Waals surface area contributed by atoms with Crippen molar-refractivity contribution >= 4 is 28.4 Å². The van der Waals surface area contributed by atoms with Gasteiger partial charge in [-0.25, -0.2) is 0 Å². The van der Waals surface area contributed by atoms with Gasteiger partial charge in [0.25, 0.3) is 0 Å². The van der Waals surface area contributed by atoms with Crippen LogP contribution in [-0.2, 0) is 4.79 Å². The van der Waals surface area contributed by atoms with Gasteiger partial charge in [0.15, 0.2) is 0 Å². The number of carbonyl (C=O) groups is 1. The zero-order valence-electron chi connectivity index (χ0n) is 7.82. The van der Waals surface area contributed by atoms with E-state index in [1.54, 1.807) is 0 Å². The van der Waals surface area contributed by atoms with E-state index in [9.17, 15) is 4.79 Å². The summed E-state index contributed by atoms with van der Waals surface area (Å²) >= 11 is -0.567. The monoisotopic (exact) mass is 292 g/mol. The zero-order valence-corrected chi connectivity index (χ0v) is 10.2. The summed E-state index contributed by atoms with van der Waals surface area (Å²) < 4.78 is 1.74. The van der Waals surface area contributed by atoms with Crippen LogP contribution < -0.4 is 3.61 Å². The van der Waals surface area contributed by atoms with Gasteiger partial charge in [-0.2, -0.15) is 0 Å². The molecule has 0 radical (unpaired) electrons. The number of carbonyl (C=O) groups excluding carboxylic acids is 1. The summed E-state index contributed by atoms with van der Waals surface area (Å²) in [6, 6.07) is 10.1. The topological polar surface area (TPSA) is 17.1 Å². The van der Waals surface area contributed by atoms with Gasteiger partial charge in [0.2, 0.25) is 0 Å². The van der Waals surface area contributed by atoms with E-state index in [0.29, 0.717) is 3.83 Å². The molecule has 1 aromatic carbocycles. The number of hydrogen-bond acceptors (Lipinski definition) is 1. The van der Waals surface area contributed by atoms with Crippen molar-refractivity contribution in [1.29, 1.82) is 0 Å². The van der Waals surface area contributed by atoms with Crippen LogP contribution in [0.5, 0.6) is 0 Å². The van der Waals surface area contributed by atoms with Crippen LogP contribution in [0, 0.1) is 0 Å². The van der Waals surface area contributed by atoms with Crippen molar-refractivity contribution in [3.63, 3.8) is 0 Å². The quantitative estimate of drug-likeness (QED) is 0.755. The summed E-state index contributed by atoms with van der Waals surface area (Å²) in [5.41, 5.74) is 0. The fraction of sp³-hybridized carbons (Fsp3) is 0.364. The van der Waals surface area contributed by atoms with Gasteiger partial charge >= 0.3 is 89.7 Å². The minimum absolute atomic E-state index is 0.485. The van der Waals surface area contributed by atoms with E-state index in [4.69, 9.17) is 0 Å². The van der Waals surface area contributed by atoms with Crippen LogP contribution in [0.2, 0.25) is 0 Å². The number of benzene rings is 1. The molecule has 0 aliphatic carbocycles. The summed E-state index contributed by atoms with van der Waals surface area (Å²) in [4.78, 5) is 11.4. The Hall–Kier alpha value is -0.320. The zero-order chi connectivity index (χ0) is 9.52. The Morgan fingerprint density at radius 3 is 2.62 bits per heavy atom. The molecule has 13 heavy (non-hydrogen) atoms. The second kappa shape index (κ2) is 6.18. The first-order chi connectivity index (χ1) is 6.33. The van der Waals surface area contributed by atoms with Gasteiger partial charge in [-0.1, -0.05) is 0 Å². The Balaban J connectivity index is 2.37. The van der Waals surface area contributed by atoms with Crippen LogP contribution in [0.1, 0.15) is 26.2 Å². The summed E-state index contributed by atoms with van der Waals surface area (Å²) in [6.45, 7) is 2.12. The van der Waals surface area contributed by atoms with Gasteiger partial charge in [-0.15, -0.1) is 0 Å². The molecular weight excluding hydrogens is 276 g/mol. The van der Waals surface area contributed by atoms with Gasteiger partial charge in [0.1, 0.15) is 0 Å². The second-order valence-electron chi connectivity index (χ2n) is 2.89. The van der Waals surface area contributed by atoms with Crippen LogP contribution >= 0.6 is 0 Å². The molecular formula is C11H14OTe. The molecule has 0 amide bonds. The molecule has 2 heteroatoms. The molecule has 0 aromatic heterocycles. The average Bonchev–Trinajstić information content (AvgIpc) is 2.16. The van der Waals surface area contributed by atoms with E-state index in [1.807, 2.05) is 18.2 Å². The average molecular weight is 290 g/mol. The normalized spacial score (nSPS) is 9.92. The first-order valence-electron chi connectivity index (χ1n) is 4.58. The number of hydrogen-bond donors (Lipinski definition) is 0. The van der Waals surface area contributed by atoms with E-state index in [1.165, 1.54) is 3.61 Å². The molecule has 0 unspecified atom stereocenters. The van der Waals surface area contributed by atoms with E-state index in [2.05, 4.69) is 19.1 Å². The first-order valence-corrected chi connectivity index (χ1v) is 6.91. The molecule has 0 fully saturated rings. The molecule has 0 atom stereocenters. The third-order valence-electron chi connectivity index (χ3n) is 1.71. The molecule has 1 aromatic rings. The summed E-state index contributed by atoms with van der Waals surface area (Å²) in [7, 11) is 0. The standard InChI is InChI=1S/C11H14OTe/c1-2-3-9-11(12)13-10-7-5-4-6-8-10/h4-8H,2-3,9H2,1H3. The third-order valence-corrected chi connectivity index (χ3v) is 4.39. The number of unbranched alkanes of at least 4 members (excludes halogenated alkanes) is 1. The van der Waals surface area contributed by atoms with Gasteiger partial charge < -0.3 is 0 Å². The van der Waals surface area contributed by atoms with E-state index in [0.717, 1.165) is 19.3 Å².